The Balaban J connectivity index is 2.60. The van der Waals surface area contributed by atoms with Crippen molar-refractivity contribution in [2.45, 2.75) is 38.8 Å². The summed E-state index contributed by atoms with van der Waals surface area (Å²) in [6.45, 7) is 4.85. The first-order valence-electron chi connectivity index (χ1n) is 6.36. The second-order valence-corrected chi connectivity index (χ2v) is 5.20. The van der Waals surface area contributed by atoms with E-state index in [1.807, 2.05) is 0 Å². The summed E-state index contributed by atoms with van der Waals surface area (Å²) < 4.78 is 5.57. The Morgan fingerprint density at radius 1 is 1.45 bits per heavy atom. The van der Waals surface area contributed by atoms with Gasteiger partial charge in [0.05, 0.1) is 5.69 Å². The average Bonchev–Trinajstić information content (AvgIpc) is 2.34. The number of carboxylic acids is 1. The monoisotopic (exact) mass is 279 g/mol. The van der Waals surface area contributed by atoms with Crippen LogP contribution in [0.5, 0.6) is 11.5 Å². The average molecular weight is 279 g/mol. The van der Waals surface area contributed by atoms with Gasteiger partial charge in [-0.2, -0.15) is 0 Å². The molecule has 2 rings (SSSR count). The number of fused-ring (bicyclic) bond motifs is 1. The molecule has 0 aromatic heterocycles. The molecule has 1 aliphatic rings. The molecule has 0 radical (unpaired) electrons. The molecule has 1 atom stereocenters. The second-order valence-electron chi connectivity index (χ2n) is 5.20. The van der Waals surface area contributed by atoms with E-state index in [2.05, 4.69) is 0 Å². The third-order valence-electron chi connectivity index (χ3n) is 3.29. The smallest absolute Gasteiger partial charge is 0.326 e. The van der Waals surface area contributed by atoms with Gasteiger partial charge in [0.2, 0.25) is 0 Å². The van der Waals surface area contributed by atoms with Gasteiger partial charge in [-0.3, -0.25) is 9.69 Å². The molecule has 6 nitrogen and oxygen atoms in total. The standard InChI is InChI=1S/C14H17NO5/c1-4-9(12(17)18)15-10-6-5-8(16)7-11(10)20-14(2,3)13(15)19/h5-7,9,16H,4H2,1-3H3,(H,17,18). The number of phenolic OH excluding ortho intramolecular Hbond substituents is 1. The summed E-state index contributed by atoms with van der Waals surface area (Å²) in [6, 6.07) is 3.30. The van der Waals surface area contributed by atoms with Gasteiger partial charge in [-0.15, -0.1) is 0 Å². The maximum Gasteiger partial charge on any atom is 0.326 e. The van der Waals surface area contributed by atoms with Crippen molar-refractivity contribution in [1.82, 2.24) is 0 Å². The molecule has 2 N–H and O–H groups in total. The Morgan fingerprint density at radius 2 is 2.10 bits per heavy atom. The summed E-state index contributed by atoms with van der Waals surface area (Å²) in [5, 5.41) is 18.8. The zero-order valence-electron chi connectivity index (χ0n) is 11.6. The van der Waals surface area contributed by atoms with E-state index in [0.29, 0.717) is 11.4 Å². The van der Waals surface area contributed by atoms with Gasteiger partial charge in [0.1, 0.15) is 17.5 Å². The Hall–Kier alpha value is -2.24. The number of carbonyl (C=O) groups is 2. The number of aromatic hydroxyl groups is 1. The number of ether oxygens (including phenoxy) is 1. The molecule has 0 spiro atoms. The number of aliphatic carboxylic acids is 1. The van der Waals surface area contributed by atoms with Gasteiger partial charge in [0.25, 0.3) is 5.91 Å². The lowest BCUT2D eigenvalue weighted by Gasteiger charge is -2.41. The Kier molecular flexibility index (Phi) is 3.33. The van der Waals surface area contributed by atoms with E-state index in [1.54, 1.807) is 20.8 Å². The maximum absolute atomic E-state index is 12.5. The third kappa shape index (κ3) is 2.17. The van der Waals surface area contributed by atoms with Crippen molar-refractivity contribution < 1.29 is 24.5 Å². The Bertz CT molecular complexity index is 567. The first-order chi connectivity index (χ1) is 9.27. The summed E-state index contributed by atoms with van der Waals surface area (Å²) in [7, 11) is 0. The lowest BCUT2D eigenvalue weighted by atomic mass is 10.0. The van der Waals surface area contributed by atoms with Gasteiger partial charge in [0, 0.05) is 6.07 Å². The minimum absolute atomic E-state index is 0.00257. The van der Waals surface area contributed by atoms with Crippen LogP contribution in [0.4, 0.5) is 5.69 Å². The van der Waals surface area contributed by atoms with Crippen LogP contribution in [0.1, 0.15) is 27.2 Å². The second kappa shape index (κ2) is 4.70. The van der Waals surface area contributed by atoms with E-state index in [-0.39, 0.29) is 12.2 Å². The number of carboxylic acid groups (broad SMARTS) is 1. The number of hydrogen-bond acceptors (Lipinski definition) is 4. The molecular formula is C14H17NO5. The summed E-state index contributed by atoms with van der Waals surface area (Å²) in [5.41, 5.74) is -0.815. The summed E-state index contributed by atoms with van der Waals surface area (Å²) in [6.07, 6.45) is 0.275. The number of nitrogens with zero attached hydrogens (tertiary/aromatic N) is 1. The van der Waals surface area contributed by atoms with Crippen LogP contribution in [0, 0.1) is 0 Å². The number of phenols is 1. The zero-order valence-corrected chi connectivity index (χ0v) is 11.6. The van der Waals surface area contributed by atoms with Gasteiger partial charge in [0.15, 0.2) is 5.60 Å². The van der Waals surface area contributed by atoms with Gasteiger partial charge >= 0.3 is 5.97 Å². The molecule has 108 valence electrons. The van der Waals surface area contributed by atoms with E-state index >= 15 is 0 Å². The van der Waals surface area contributed by atoms with Crippen molar-refractivity contribution in [2.24, 2.45) is 0 Å². The molecule has 0 bridgehead atoms. The van der Waals surface area contributed by atoms with E-state index in [9.17, 15) is 19.8 Å². The first kappa shape index (κ1) is 14.2. The molecule has 0 saturated carbocycles. The first-order valence-corrected chi connectivity index (χ1v) is 6.36. The Labute approximate surface area is 116 Å². The fourth-order valence-corrected chi connectivity index (χ4v) is 2.28. The molecule has 1 aromatic rings. The topological polar surface area (TPSA) is 87.1 Å². The minimum Gasteiger partial charge on any atom is -0.508 e. The van der Waals surface area contributed by atoms with Gasteiger partial charge < -0.3 is 14.9 Å². The zero-order chi connectivity index (χ0) is 15.1. The van der Waals surface area contributed by atoms with Crippen LogP contribution < -0.4 is 9.64 Å². The molecule has 20 heavy (non-hydrogen) atoms. The molecule has 1 unspecified atom stereocenters. The van der Waals surface area contributed by atoms with E-state index < -0.39 is 23.5 Å². The molecule has 6 heteroatoms. The highest BCUT2D eigenvalue weighted by atomic mass is 16.5. The summed E-state index contributed by atoms with van der Waals surface area (Å²) >= 11 is 0. The quantitative estimate of drug-likeness (QED) is 0.880. The van der Waals surface area contributed by atoms with Crippen molar-refractivity contribution in [3.63, 3.8) is 0 Å². The molecule has 0 fully saturated rings. The molecule has 1 amide bonds. The number of benzene rings is 1. The fourth-order valence-electron chi connectivity index (χ4n) is 2.28. The lowest BCUT2D eigenvalue weighted by molar-refractivity contribution is -0.143. The van der Waals surface area contributed by atoms with Gasteiger partial charge in [-0.1, -0.05) is 6.92 Å². The number of anilines is 1. The van der Waals surface area contributed by atoms with Crippen molar-refractivity contribution in [3.8, 4) is 11.5 Å². The molecular weight excluding hydrogens is 262 g/mol. The maximum atomic E-state index is 12.5. The van der Waals surface area contributed by atoms with Crippen LogP contribution in [0.15, 0.2) is 18.2 Å². The lowest BCUT2D eigenvalue weighted by Crippen LogP contribution is -2.57. The largest absolute Gasteiger partial charge is 0.508 e. The Morgan fingerprint density at radius 3 is 2.65 bits per heavy atom. The molecule has 1 heterocycles. The number of rotatable bonds is 3. The van der Waals surface area contributed by atoms with Crippen LogP contribution in [0.25, 0.3) is 0 Å². The molecule has 1 aromatic carbocycles. The summed E-state index contributed by atoms with van der Waals surface area (Å²) in [4.78, 5) is 25.1. The van der Waals surface area contributed by atoms with Crippen molar-refractivity contribution in [2.75, 3.05) is 4.90 Å². The van der Waals surface area contributed by atoms with Crippen LogP contribution >= 0.6 is 0 Å². The highest BCUT2D eigenvalue weighted by Crippen LogP contribution is 2.41. The predicted molar refractivity (Wildman–Crippen MR) is 72.0 cm³/mol. The van der Waals surface area contributed by atoms with Gasteiger partial charge in [-0.05, 0) is 32.4 Å². The normalized spacial score (nSPS) is 18.1. The minimum atomic E-state index is -1.18. The number of amides is 1. The van der Waals surface area contributed by atoms with Gasteiger partial charge in [-0.25, -0.2) is 4.79 Å². The van der Waals surface area contributed by atoms with E-state index in [1.165, 1.54) is 23.1 Å². The SMILES string of the molecule is CCC(C(=O)O)N1C(=O)C(C)(C)Oc2cc(O)ccc21. The van der Waals surface area contributed by atoms with Crippen LogP contribution in [-0.4, -0.2) is 33.7 Å². The fraction of sp³-hybridized carbons (Fsp3) is 0.429. The molecule has 0 aliphatic carbocycles. The van der Waals surface area contributed by atoms with Crippen LogP contribution in [-0.2, 0) is 9.59 Å². The highest BCUT2D eigenvalue weighted by Gasteiger charge is 2.45. The van der Waals surface area contributed by atoms with E-state index in [4.69, 9.17) is 4.74 Å². The number of carbonyl (C=O) groups excluding carboxylic acids is 1. The van der Waals surface area contributed by atoms with Crippen molar-refractivity contribution >= 4 is 17.6 Å². The highest BCUT2D eigenvalue weighted by molar-refractivity contribution is 6.06. The van der Waals surface area contributed by atoms with Crippen molar-refractivity contribution in [1.29, 1.82) is 0 Å². The van der Waals surface area contributed by atoms with E-state index in [0.717, 1.165) is 0 Å². The molecule has 0 saturated heterocycles. The van der Waals surface area contributed by atoms with Crippen LogP contribution in [0.3, 0.4) is 0 Å². The van der Waals surface area contributed by atoms with Crippen LogP contribution in [0.2, 0.25) is 0 Å². The van der Waals surface area contributed by atoms with Crippen molar-refractivity contribution in [3.05, 3.63) is 18.2 Å². The third-order valence-corrected chi connectivity index (χ3v) is 3.29. The predicted octanol–water partition coefficient (Wildman–Crippen LogP) is 1.76. The molecule has 1 aliphatic heterocycles. The summed E-state index contributed by atoms with van der Waals surface area (Å²) in [5.74, 6) is -1.19. The number of hydrogen-bond donors (Lipinski definition) is 2.